The molecule has 3 rings (SSSR count). The van der Waals surface area contributed by atoms with Crippen LogP contribution in [0.4, 0.5) is 23.7 Å². The fourth-order valence-corrected chi connectivity index (χ4v) is 4.69. The highest BCUT2D eigenvalue weighted by molar-refractivity contribution is 6.30. The first-order valence-electron chi connectivity index (χ1n) is 12.0. The van der Waals surface area contributed by atoms with Gasteiger partial charge in [0.05, 0.1) is 11.5 Å². The third-order valence-electron chi connectivity index (χ3n) is 6.13. The van der Waals surface area contributed by atoms with Crippen molar-refractivity contribution in [3.8, 4) is 0 Å². The van der Waals surface area contributed by atoms with E-state index in [4.69, 9.17) is 26.2 Å². The monoisotopic (exact) mass is 549 g/mol. The first-order chi connectivity index (χ1) is 16.9. The first-order valence-corrected chi connectivity index (χ1v) is 12.4. The largest absolute Gasteiger partial charge is 0.490 e. The van der Waals surface area contributed by atoms with Gasteiger partial charge < -0.3 is 25.0 Å². The molecule has 1 aromatic carbocycles. The number of carboxylic acid groups (broad SMARTS) is 1. The maximum atomic E-state index is 13.4. The van der Waals surface area contributed by atoms with Gasteiger partial charge in [-0.25, -0.2) is 9.59 Å². The van der Waals surface area contributed by atoms with Crippen molar-refractivity contribution in [1.82, 2.24) is 10.2 Å². The number of amides is 2. The van der Waals surface area contributed by atoms with Gasteiger partial charge in [0.15, 0.2) is 0 Å². The summed E-state index contributed by atoms with van der Waals surface area (Å²) in [7, 11) is 0. The smallest absolute Gasteiger partial charge is 0.475 e. The van der Waals surface area contributed by atoms with Crippen molar-refractivity contribution in [2.45, 2.75) is 77.2 Å². The summed E-state index contributed by atoms with van der Waals surface area (Å²) in [4.78, 5) is 38.8. The quantitative estimate of drug-likeness (QED) is 0.544. The Morgan fingerprint density at radius 2 is 1.65 bits per heavy atom. The minimum absolute atomic E-state index is 0.136. The summed E-state index contributed by atoms with van der Waals surface area (Å²) in [6.07, 6.45) is -2.98. The molecule has 1 heterocycles. The van der Waals surface area contributed by atoms with Gasteiger partial charge in [0.25, 0.3) is 0 Å². The molecule has 12 heteroatoms. The van der Waals surface area contributed by atoms with Crippen LogP contribution < -0.4 is 10.2 Å². The molecule has 1 aliphatic heterocycles. The van der Waals surface area contributed by atoms with E-state index in [0.29, 0.717) is 13.1 Å². The fraction of sp³-hybridized carbons (Fsp3) is 0.640. The normalized spacial score (nSPS) is 21.5. The van der Waals surface area contributed by atoms with Gasteiger partial charge in [-0.05, 0) is 71.7 Å². The number of alkyl carbamates (subject to hydrolysis) is 1. The van der Waals surface area contributed by atoms with E-state index in [9.17, 15) is 22.8 Å². The molecule has 8 nitrogen and oxygen atoms in total. The number of halogens is 4. The zero-order valence-electron chi connectivity index (χ0n) is 21.7. The van der Waals surface area contributed by atoms with Gasteiger partial charge in [-0.3, -0.25) is 4.79 Å². The van der Waals surface area contributed by atoms with Crippen molar-refractivity contribution in [2.24, 2.45) is 5.92 Å². The second-order valence-corrected chi connectivity index (χ2v) is 11.2. The number of hydrogen-bond acceptors (Lipinski definition) is 5. The van der Waals surface area contributed by atoms with Gasteiger partial charge in [-0.1, -0.05) is 18.0 Å². The zero-order chi connectivity index (χ0) is 28.2. The highest BCUT2D eigenvalue weighted by Crippen LogP contribution is 2.32. The highest BCUT2D eigenvalue weighted by Gasteiger charge is 2.42. The minimum Gasteiger partial charge on any atom is -0.475 e. The lowest BCUT2D eigenvalue weighted by atomic mass is 9.95. The van der Waals surface area contributed by atoms with Gasteiger partial charge in [0, 0.05) is 36.4 Å². The average Bonchev–Trinajstić information content (AvgIpc) is 3.19. The number of aliphatic carboxylic acids is 1. The van der Waals surface area contributed by atoms with E-state index in [0.717, 1.165) is 36.5 Å². The van der Waals surface area contributed by atoms with Crippen molar-refractivity contribution in [3.05, 3.63) is 29.3 Å². The molecule has 0 aromatic heterocycles. The van der Waals surface area contributed by atoms with Crippen LogP contribution in [0.3, 0.4) is 0 Å². The van der Waals surface area contributed by atoms with E-state index in [1.807, 2.05) is 49.9 Å². The summed E-state index contributed by atoms with van der Waals surface area (Å²) in [5.74, 6) is -2.81. The van der Waals surface area contributed by atoms with Gasteiger partial charge in [0.1, 0.15) is 5.60 Å². The van der Waals surface area contributed by atoms with Gasteiger partial charge in [0.2, 0.25) is 5.91 Å². The Kier molecular flexibility index (Phi) is 9.73. The van der Waals surface area contributed by atoms with E-state index < -0.39 is 23.8 Å². The lowest BCUT2D eigenvalue weighted by Gasteiger charge is -2.49. The number of benzene rings is 1. The number of piperazine rings is 1. The molecule has 0 spiro atoms. The molecule has 0 unspecified atom stereocenters. The first kappa shape index (κ1) is 30.5. The number of alkyl halides is 3. The Bertz CT molecular complexity index is 964. The molecule has 2 atom stereocenters. The van der Waals surface area contributed by atoms with Crippen LogP contribution in [0.1, 0.15) is 53.9 Å². The average molecular weight is 550 g/mol. The molecule has 208 valence electrons. The number of nitrogens with one attached hydrogen (secondary N) is 1. The summed E-state index contributed by atoms with van der Waals surface area (Å²) in [5.41, 5.74) is 0.361. The Hall–Kier alpha value is -2.69. The second-order valence-electron chi connectivity index (χ2n) is 10.8. The molecule has 2 fully saturated rings. The van der Waals surface area contributed by atoms with Gasteiger partial charge in [-0.2, -0.15) is 13.2 Å². The standard InChI is InChI=1S/C23H34ClN3O3.C2HF3O2/c1-22(2,3)30-21(29)25-19-8-6-7-18(19)20(28)26-13-14-27(23(4,5)15-26)17-11-9-16(24)10-12-17;3-2(4,5)1(6)7/h9-12,18-19H,6-8,13-15H2,1-5H3,(H,25,29);(H,6,7)/t18-,19-;/m0./s1. The van der Waals surface area contributed by atoms with Crippen LogP contribution in [0.5, 0.6) is 0 Å². The van der Waals surface area contributed by atoms with Crippen molar-refractivity contribution in [1.29, 1.82) is 0 Å². The molecule has 2 N–H and O–H groups in total. The van der Waals surface area contributed by atoms with Crippen molar-refractivity contribution < 1.29 is 37.4 Å². The summed E-state index contributed by atoms with van der Waals surface area (Å²) in [6.45, 7) is 11.9. The summed E-state index contributed by atoms with van der Waals surface area (Å²) < 4.78 is 37.1. The molecule has 1 saturated heterocycles. The predicted octanol–water partition coefficient (Wildman–Crippen LogP) is 5.09. The number of nitrogens with zero attached hydrogens (tertiary/aromatic N) is 2. The Morgan fingerprint density at radius 1 is 1.08 bits per heavy atom. The molecule has 1 aromatic rings. The molecule has 37 heavy (non-hydrogen) atoms. The van der Waals surface area contributed by atoms with Crippen LogP contribution in [-0.2, 0) is 14.3 Å². The lowest BCUT2D eigenvalue weighted by Crippen LogP contribution is -2.62. The number of carbonyl (C=O) groups excluding carboxylic acids is 2. The number of hydrogen-bond donors (Lipinski definition) is 2. The molecule has 2 aliphatic rings. The molecular formula is C25H35ClF3N3O5. The highest BCUT2D eigenvalue weighted by atomic mass is 35.5. The van der Waals surface area contributed by atoms with Crippen molar-refractivity contribution >= 4 is 35.3 Å². The number of ether oxygens (including phenoxy) is 1. The molecule has 0 radical (unpaired) electrons. The fourth-order valence-electron chi connectivity index (χ4n) is 4.56. The number of carboxylic acids is 1. The number of anilines is 1. The number of carbonyl (C=O) groups is 3. The van der Waals surface area contributed by atoms with E-state index in [2.05, 4.69) is 24.1 Å². The lowest BCUT2D eigenvalue weighted by molar-refractivity contribution is -0.192. The van der Waals surface area contributed by atoms with Crippen LogP contribution in [0.2, 0.25) is 5.02 Å². The Balaban J connectivity index is 0.000000604. The van der Waals surface area contributed by atoms with Crippen molar-refractivity contribution in [3.63, 3.8) is 0 Å². The summed E-state index contributed by atoms with van der Waals surface area (Å²) >= 11 is 6.03. The Labute approximate surface area is 220 Å². The number of rotatable bonds is 3. The van der Waals surface area contributed by atoms with E-state index in [1.54, 1.807) is 0 Å². The topological polar surface area (TPSA) is 99.2 Å². The van der Waals surface area contributed by atoms with Crippen LogP contribution in [0, 0.1) is 5.92 Å². The zero-order valence-corrected chi connectivity index (χ0v) is 22.4. The van der Waals surface area contributed by atoms with Crippen LogP contribution in [-0.4, -0.2) is 71.0 Å². The van der Waals surface area contributed by atoms with E-state index in [-0.39, 0.29) is 23.4 Å². The molecular weight excluding hydrogens is 515 g/mol. The summed E-state index contributed by atoms with van der Waals surface area (Å²) in [6, 6.07) is 7.69. The maximum absolute atomic E-state index is 13.4. The third kappa shape index (κ3) is 8.98. The maximum Gasteiger partial charge on any atom is 0.490 e. The van der Waals surface area contributed by atoms with E-state index >= 15 is 0 Å². The summed E-state index contributed by atoms with van der Waals surface area (Å²) in [5, 5.41) is 10.8. The van der Waals surface area contributed by atoms with Crippen molar-refractivity contribution in [2.75, 3.05) is 24.5 Å². The van der Waals surface area contributed by atoms with Crippen LogP contribution >= 0.6 is 11.6 Å². The predicted molar refractivity (Wildman–Crippen MR) is 134 cm³/mol. The SMILES string of the molecule is CC(C)(C)OC(=O)N[C@H]1CCC[C@@H]1C(=O)N1CCN(c2ccc(Cl)cc2)C(C)(C)C1.O=C(O)C(F)(F)F. The minimum atomic E-state index is -5.08. The molecule has 0 bridgehead atoms. The van der Waals surface area contributed by atoms with E-state index in [1.165, 1.54) is 0 Å². The van der Waals surface area contributed by atoms with Crippen LogP contribution in [0.15, 0.2) is 24.3 Å². The molecule has 1 aliphatic carbocycles. The second kappa shape index (κ2) is 11.8. The van der Waals surface area contributed by atoms with Gasteiger partial charge >= 0.3 is 18.2 Å². The van der Waals surface area contributed by atoms with Gasteiger partial charge in [-0.15, -0.1) is 0 Å². The van der Waals surface area contributed by atoms with Crippen LogP contribution in [0.25, 0.3) is 0 Å². The molecule has 1 saturated carbocycles. The Morgan fingerprint density at radius 3 is 2.14 bits per heavy atom. The molecule has 2 amide bonds. The third-order valence-corrected chi connectivity index (χ3v) is 6.38.